The standard InChI is InChI=1S/C23H30F2N4O2/c1-3-11-26-22-21(25)20(8-12-27-22)29-14-9-19(15-29)31-18-6-4-17(5-7-18)16(2)23(30)28-13-10-24/h4-8,12,16,19H,3,9-11,13-15H2,1-2H3,(H,26,27)(H,28,30). The van der Waals surface area contributed by atoms with Crippen LogP contribution < -0.4 is 20.3 Å². The molecule has 2 unspecified atom stereocenters. The third kappa shape index (κ3) is 5.83. The zero-order valence-corrected chi connectivity index (χ0v) is 18.0. The van der Waals surface area contributed by atoms with Gasteiger partial charge in [-0.2, -0.15) is 0 Å². The molecule has 2 N–H and O–H groups in total. The summed E-state index contributed by atoms with van der Waals surface area (Å²) in [6.07, 6.45) is 3.23. The largest absolute Gasteiger partial charge is 0.489 e. The number of nitrogens with zero attached hydrogens (tertiary/aromatic N) is 2. The van der Waals surface area contributed by atoms with Gasteiger partial charge in [-0.1, -0.05) is 19.1 Å². The molecule has 1 aliphatic rings. The van der Waals surface area contributed by atoms with Crippen molar-refractivity contribution in [2.24, 2.45) is 0 Å². The summed E-state index contributed by atoms with van der Waals surface area (Å²) < 4.78 is 33.1. The summed E-state index contributed by atoms with van der Waals surface area (Å²) in [7, 11) is 0. The number of anilines is 2. The van der Waals surface area contributed by atoms with Crippen molar-refractivity contribution in [3.8, 4) is 5.75 Å². The van der Waals surface area contributed by atoms with Crippen LogP contribution in [0.3, 0.4) is 0 Å². The molecule has 1 amide bonds. The van der Waals surface area contributed by atoms with Gasteiger partial charge in [-0.15, -0.1) is 0 Å². The Labute approximate surface area is 182 Å². The number of aromatic nitrogens is 1. The number of hydrogen-bond acceptors (Lipinski definition) is 5. The molecule has 1 fully saturated rings. The van der Waals surface area contributed by atoms with Crippen molar-refractivity contribution in [2.75, 3.05) is 43.1 Å². The van der Waals surface area contributed by atoms with E-state index in [-0.39, 0.29) is 36.1 Å². The van der Waals surface area contributed by atoms with E-state index >= 15 is 0 Å². The Morgan fingerprint density at radius 1 is 1.29 bits per heavy atom. The Balaban J connectivity index is 1.57. The van der Waals surface area contributed by atoms with Crippen molar-refractivity contribution >= 4 is 17.4 Å². The molecule has 0 radical (unpaired) electrons. The van der Waals surface area contributed by atoms with E-state index in [1.54, 1.807) is 19.2 Å². The summed E-state index contributed by atoms with van der Waals surface area (Å²) >= 11 is 0. The summed E-state index contributed by atoms with van der Waals surface area (Å²) in [5, 5.41) is 5.57. The van der Waals surface area contributed by atoms with Crippen molar-refractivity contribution in [1.29, 1.82) is 0 Å². The maximum Gasteiger partial charge on any atom is 0.227 e. The summed E-state index contributed by atoms with van der Waals surface area (Å²) in [6.45, 7) is 5.20. The van der Waals surface area contributed by atoms with Crippen LogP contribution in [0, 0.1) is 5.82 Å². The first kappa shape index (κ1) is 22.8. The number of nitrogens with one attached hydrogen (secondary N) is 2. The average molecular weight is 433 g/mol. The number of alkyl halides is 1. The number of ether oxygens (including phenoxy) is 1. The number of benzene rings is 1. The van der Waals surface area contributed by atoms with E-state index in [1.807, 2.05) is 36.1 Å². The van der Waals surface area contributed by atoms with E-state index in [9.17, 15) is 13.6 Å². The van der Waals surface area contributed by atoms with Gasteiger partial charge in [-0.3, -0.25) is 4.79 Å². The predicted molar refractivity (Wildman–Crippen MR) is 118 cm³/mol. The molecule has 1 saturated heterocycles. The van der Waals surface area contributed by atoms with Gasteiger partial charge < -0.3 is 20.3 Å². The van der Waals surface area contributed by atoms with Crippen LogP contribution in [0.2, 0.25) is 0 Å². The van der Waals surface area contributed by atoms with E-state index in [4.69, 9.17) is 4.74 Å². The van der Waals surface area contributed by atoms with E-state index in [2.05, 4.69) is 15.6 Å². The first-order chi connectivity index (χ1) is 15.0. The number of rotatable bonds is 10. The number of carbonyl (C=O) groups is 1. The summed E-state index contributed by atoms with van der Waals surface area (Å²) in [4.78, 5) is 18.1. The quantitative estimate of drug-likeness (QED) is 0.596. The average Bonchev–Trinajstić information content (AvgIpc) is 3.25. The zero-order chi connectivity index (χ0) is 22.2. The van der Waals surface area contributed by atoms with E-state index < -0.39 is 6.67 Å². The fraction of sp³-hybridized carbons (Fsp3) is 0.478. The summed E-state index contributed by atoms with van der Waals surface area (Å²) in [5.74, 6) is 0.0788. The van der Waals surface area contributed by atoms with Gasteiger partial charge in [0.05, 0.1) is 18.2 Å². The van der Waals surface area contributed by atoms with Crippen LogP contribution in [0.1, 0.15) is 38.2 Å². The van der Waals surface area contributed by atoms with Gasteiger partial charge in [0.2, 0.25) is 5.91 Å². The maximum atomic E-state index is 14.8. The Hall–Kier alpha value is -2.90. The Morgan fingerprint density at radius 3 is 2.77 bits per heavy atom. The van der Waals surface area contributed by atoms with Gasteiger partial charge >= 0.3 is 0 Å². The van der Waals surface area contributed by atoms with E-state index in [0.29, 0.717) is 31.1 Å². The second-order valence-electron chi connectivity index (χ2n) is 7.66. The SMILES string of the molecule is CCCNc1nccc(N2CCC(Oc3ccc(C(C)C(=O)NCCF)cc3)C2)c1F. The number of halogens is 2. The normalized spacial score (nSPS) is 16.8. The highest BCUT2D eigenvalue weighted by molar-refractivity contribution is 5.83. The molecule has 2 aromatic rings. The lowest BCUT2D eigenvalue weighted by molar-refractivity contribution is -0.122. The van der Waals surface area contributed by atoms with Crippen LogP contribution in [0.25, 0.3) is 0 Å². The molecular formula is C23H30F2N4O2. The lowest BCUT2D eigenvalue weighted by Gasteiger charge is -2.21. The van der Waals surface area contributed by atoms with Crippen molar-refractivity contribution in [2.45, 2.75) is 38.7 Å². The molecule has 3 rings (SSSR count). The summed E-state index contributed by atoms with van der Waals surface area (Å²) in [6, 6.07) is 9.04. The molecule has 1 aromatic carbocycles. The van der Waals surface area contributed by atoms with Gasteiger partial charge in [0.1, 0.15) is 18.5 Å². The van der Waals surface area contributed by atoms with Gasteiger partial charge in [-0.25, -0.2) is 13.8 Å². The zero-order valence-electron chi connectivity index (χ0n) is 18.0. The monoisotopic (exact) mass is 432 g/mol. The molecule has 2 atom stereocenters. The molecule has 1 aliphatic heterocycles. The minimum Gasteiger partial charge on any atom is -0.489 e. The molecule has 6 nitrogen and oxygen atoms in total. The highest BCUT2D eigenvalue weighted by Crippen LogP contribution is 2.29. The van der Waals surface area contributed by atoms with Crippen LogP contribution >= 0.6 is 0 Å². The highest BCUT2D eigenvalue weighted by atomic mass is 19.1. The third-order valence-electron chi connectivity index (χ3n) is 5.37. The molecular weight excluding hydrogens is 402 g/mol. The fourth-order valence-electron chi connectivity index (χ4n) is 3.59. The molecule has 8 heteroatoms. The molecule has 0 aliphatic carbocycles. The smallest absolute Gasteiger partial charge is 0.227 e. The minimum absolute atomic E-state index is 0.0246. The number of hydrogen-bond donors (Lipinski definition) is 2. The van der Waals surface area contributed by atoms with Gasteiger partial charge in [0, 0.05) is 32.3 Å². The second kappa shape index (κ2) is 10.9. The number of pyridine rings is 1. The van der Waals surface area contributed by atoms with Crippen LogP contribution in [0.15, 0.2) is 36.5 Å². The van der Waals surface area contributed by atoms with Crippen LogP contribution in [0.4, 0.5) is 20.3 Å². The lowest BCUT2D eigenvalue weighted by atomic mass is 10.0. The van der Waals surface area contributed by atoms with Crippen LogP contribution in [-0.4, -0.2) is 49.8 Å². The molecule has 1 aromatic heterocycles. The Bertz CT molecular complexity index is 863. The molecule has 0 bridgehead atoms. The topological polar surface area (TPSA) is 66.5 Å². The molecule has 0 spiro atoms. The van der Waals surface area contributed by atoms with Crippen LogP contribution in [0.5, 0.6) is 5.75 Å². The first-order valence-electron chi connectivity index (χ1n) is 10.8. The first-order valence-corrected chi connectivity index (χ1v) is 10.8. The molecule has 168 valence electrons. The summed E-state index contributed by atoms with van der Waals surface area (Å²) in [5.41, 5.74) is 1.37. The fourth-order valence-corrected chi connectivity index (χ4v) is 3.59. The minimum atomic E-state index is -0.580. The lowest BCUT2D eigenvalue weighted by Crippen LogP contribution is -2.29. The number of carbonyl (C=O) groups excluding carboxylic acids is 1. The van der Waals surface area contributed by atoms with Crippen LogP contribution in [-0.2, 0) is 4.79 Å². The number of amides is 1. The second-order valence-corrected chi connectivity index (χ2v) is 7.66. The van der Waals surface area contributed by atoms with Crippen molar-refractivity contribution in [1.82, 2.24) is 10.3 Å². The van der Waals surface area contributed by atoms with Gasteiger partial charge in [0.15, 0.2) is 11.6 Å². The molecule has 0 saturated carbocycles. The predicted octanol–water partition coefficient (Wildman–Crippen LogP) is 3.89. The van der Waals surface area contributed by atoms with Crippen molar-refractivity contribution in [3.63, 3.8) is 0 Å². The van der Waals surface area contributed by atoms with E-state index in [0.717, 1.165) is 18.4 Å². The van der Waals surface area contributed by atoms with E-state index in [1.165, 1.54) is 0 Å². The maximum absolute atomic E-state index is 14.8. The Morgan fingerprint density at radius 2 is 2.06 bits per heavy atom. The third-order valence-corrected chi connectivity index (χ3v) is 5.37. The Kier molecular flexibility index (Phi) is 8.03. The molecule has 31 heavy (non-hydrogen) atoms. The highest BCUT2D eigenvalue weighted by Gasteiger charge is 2.27. The van der Waals surface area contributed by atoms with Gasteiger partial charge in [0.25, 0.3) is 0 Å². The van der Waals surface area contributed by atoms with Crippen molar-refractivity contribution < 1.29 is 18.3 Å². The molecule has 2 heterocycles. The van der Waals surface area contributed by atoms with Crippen molar-refractivity contribution in [3.05, 3.63) is 47.9 Å². The van der Waals surface area contributed by atoms with Gasteiger partial charge in [-0.05, 0) is 37.1 Å².